The summed E-state index contributed by atoms with van der Waals surface area (Å²) in [5.74, 6) is 0.0231. The standard InChI is InChI=1S/C18H19N3O4/c1-13-14(5-4-7-15(13)21(24)25)18(23)20-11-9-19(10-12-20)16-6-2-3-8-17(16)22/h2-8,22H,9-12H2,1H3. The minimum atomic E-state index is -0.470. The first-order chi connectivity index (χ1) is 12.0. The first-order valence-electron chi connectivity index (χ1n) is 8.05. The Balaban J connectivity index is 1.73. The first-order valence-corrected chi connectivity index (χ1v) is 8.05. The van der Waals surface area contributed by atoms with Gasteiger partial charge >= 0.3 is 0 Å². The second-order valence-corrected chi connectivity index (χ2v) is 5.97. The van der Waals surface area contributed by atoms with Crippen molar-refractivity contribution in [3.63, 3.8) is 0 Å². The van der Waals surface area contributed by atoms with E-state index in [-0.39, 0.29) is 17.3 Å². The van der Waals surface area contributed by atoms with Gasteiger partial charge in [-0.05, 0) is 25.1 Å². The van der Waals surface area contributed by atoms with Crippen LogP contribution in [0.15, 0.2) is 42.5 Å². The van der Waals surface area contributed by atoms with Gasteiger partial charge in [0.1, 0.15) is 5.75 Å². The summed E-state index contributed by atoms with van der Waals surface area (Å²) < 4.78 is 0. The number of benzene rings is 2. The highest BCUT2D eigenvalue weighted by Gasteiger charge is 2.26. The largest absolute Gasteiger partial charge is 0.506 e. The molecule has 0 aromatic heterocycles. The van der Waals surface area contributed by atoms with E-state index in [4.69, 9.17) is 0 Å². The van der Waals surface area contributed by atoms with Crippen molar-refractivity contribution in [2.24, 2.45) is 0 Å². The summed E-state index contributed by atoms with van der Waals surface area (Å²) in [4.78, 5) is 27.1. The molecule has 0 aliphatic carbocycles. The van der Waals surface area contributed by atoms with E-state index in [1.165, 1.54) is 12.1 Å². The number of hydrogen-bond donors (Lipinski definition) is 1. The van der Waals surface area contributed by atoms with Crippen LogP contribution in [0, 0.1) is 17.0 Å². The van der Waals surface area contributed by atoms with E-state index in [0.29, 0.717) is 37.3 Å². The number of piperazine rings is 1. The Morgan fingerprint density at radius 1 is 1.08 bits per heavy atom. The fourth-order valence-electron chi connectivity index (χ4n) is 3.11. The molecule has 7 nitrogen and oxygen atoms in total. The number of amides is 1. The molecule has 1 N–H and O–H groups in total. The number of carbonyl (C=O) groups is 1. The van der Waals surface area contributed by atoms with Crippen LogP contribution in [0.1, 0.15) is 15.9 Å². The highest BCUT2D eigenvalue weighted by Crippen LogP contribution is 2.28. The average Bonchev–Trinajstić information content (AvgIpc) is 2.62. The molecule has 1 aliphatic heterocycles. The maximum Gasteiger partial charge on any atom is 0.273 e. The summed E-state index contributed by atoms with van der Waals surface area (Å²) in [6.07, 6.45) is 0. The van der Waals surface area contributed by atoms with Crippen molar-refractivity contribution in [2.45, 2.75) is 6.92 Å². The van der Waals surface area contributed by atoms with Crippen LogP contribution < -0.4 is 4.90 Å². The lowest BCUT2D eigenvalue weighted by Crippen LogP contribution is -2.49. The first kappa shape index (κ1) is 16.8. The van der Waals surface area contributed by atoms with E-state index >= 15 is 0 Å². The maximum absolute atomic E-state index is 12.7. The monoisotopic (exact) mass is 341 g/mol. The van der Waals surface area contributed by atoms with Gasteiger partial charge in [0, 0.05) is 43.4 Å². The third kappa shape index (κ3) is 3.26. The molecule has 1 amide bonds. The summed E-state index contributed by atoms with van der Waals surface area (Å²) >= 11 is 0. The van der Waals surface area contributed by atoms with Crippen molar-refractivity contribution < 1.29 is 14.8 Å². The van der Waals surface area contributed by atoms with Crippen LogP contribution in [0.5, 0.6) is 5.75 Å². The Bertz CT molecular complexity index is 814. The molecule has 0 atom stereocenters. The molecule has 1 saturated heterocycles. The summed E-state index contributed by atoms with van der Waals surface area (Å²) in [5, 5.41) is 21.0. The van der Waals surface area contributed by atoms with Crippen molar-refractivity contribution in [1.29, 1.82) is 0 Å². The van der Waals surface area contributed by atoms with Gasteiger partial charge in [-0.1, -0.05) is 18.2 Å². The summed E-state index contributed by atoms with van der Waals surface area (Å²) in [7, 11) is 0. The molecule has 25 heavy (non-hydrogen) atoms. The molecular weight excluding hydrogens is 322 g/mol. The number of hydrogen-bond acceptors (Lipinski definition) is 5. The molecule has 1 heterocycles. The summed E-state index contributed by atoms with van der Waals surface area (Å²) in [5.41, 5.74) is 1.46. The molecule has 1 fully saturated rings. The topological polar surface area (TPSA) is 86.9 Å². The number of carbonyl (C=O) groups excluding carboxylic acids is 1. The van der Waals surface area contributed by atoms with E-state index in [1.54, 1.807) is 30.0 Å². The zero-order valence-corrected chi connectivity index (χ0v) is 13.9. The molecular formula is C18H19N3O4. The maximum atomic E-state index is 12.7. The fraction of sp³-hybridized carbons (Fsp3) is 0.278. The van der Waals surface area contributed by atoms with Gasteiger partial charge in [0.2, 0.25) is 0 Å². The molecule has 0 radical (unpaired) electrons. The number of phenolic OH excluding ortho intramolecular Hbond substituents is 1. The number of aromatic hydroxyl groups is 1. The molecule has 0 bridgehead atoms. The van der Waals surface area contributed by atoms with Crippen LogP contribution in [-0.4, -0.2) is 47.0 Å². The highest BCUT2D eigenvalue weighted by molar-refractivity contribution is 5.96. The SMILES string of the molecule is Cc1c(C(=O)N2CCN(c3ccccc3O)CC2)cccc1[N+](=O)[O-]. The second kappa shape index (κ2) is 6.80. The number of nitro groups is 1. The quantitative estimate of drug-likeness (QED) is 0.685. The normalized spacial score (nSPS) is 14.4. The van der Waals surface area contributed by atoms with Crippen molar-refractivity contribution in [1.82, 2.24) is 4.90 Å². The molecule has 7 heteroatoms. The Morgan fingerprint density at radius 2 is 1.76 bits per heavy atom. The molecule has 0 unspecified atom stereocenters. The second-order valence-electron chi connectivity index (χ2n) is 5.97. The lowest BCUT2D eigenvalue weighted by Gasteiger charge is -2.36. The molecule has 130 valence electrons. The van der Waals surface area contributed by atoms with Crippen molar-refractivity contribution in [3.8, 4) is 5.75 Å². The van der Waals surface area contributed by atoms with E-state index < -0.39 is 4.92 Å². The number of nitro benzene ring substituents is 1. The average molecular weight is 341 g/mol. The molecule has 0 saturated carbocycles. The molecule has 3 rings (SSSR count). The summed E-state index contributed by atoms with van der Waals surface area (Å²) in [6, 6.07) is 11.7. The number of nitrogens with zero attached hydrogens (tertiary/aromatic N) is 3. The number of phenols is 1. The number of para-hydroxylation sites is 2. The fourth-order valence-corrected chi connectivity index (χ4v) is 3.11. The zero-order valence-electron chi connectivity index (χ0n) is 13.9. The Labute approximate surface area is 145 Å². The number of anilines is 1. The third-order valence-electron chi connectivity index (χ3n) is 4.52. The van der Waals surface area contributed by atoms with Crippen LogP contribution in [-0.2, 0) is 0 Å². The van der Waals surface area contributed by atoms with E-state index in [1.807, 2.05) is 17.0 Å². The van der Waals surface area contributed by atoms with E-state index in [2.05, 4.69) is 0 Å². The Kier molecular flexibility index (Phi) is 4.56. The van der Waals surface area contributed by atoms with Gasteiger partial charge in [-0.3, -0.25) is 14.9 Å². The van der Waals surface area contributed by atoms with Gasteiger partial charge in [-0.15, -0.1) is 0 Å². The van der Waals surface area contributed by atoms with Gasteiger partial charge in [0.15, 0.2) is 0 Å². The molecule has 2 aromatic carbocycles. The Hall–Kier alpha value is -3.09. The lowest BCUT2D eigenvalue weighted by molar-refractivity contribution is -0.385. The van der Waals surface area contributed by atoms with Crippen LogP contribution in [0.4, 0.5) is 11.4 Å². The smallest absolute Gasteiger partial charge is 0.273 e. The van der Waals surface area contributed by atoms with E-state index in [0.717, 1.165) is 5.69 Å². The van der Waals surface area contributed by atoms with Gasteiger partial charge in [-0.2, -0.15) is 0 Å². The van der Waals surface area contributed by atoms with E-state index in [9.17, 15) is 20.0 Å². The minimum absolute atomic E-state index is 0.0429. The van der Waals surface area contributed by atoms with Gasteiger partial charge < -0.3 is 14.9 Å². The van der Waals surface area contributed by atoms with Crippen LogP contribution in [0.3, 0.4) is 0 Å². The van der Waals surface area contributed by atoms with Crippen molar-refractivity contribution in [2.75, 3.05) is 31.1 Å². The summed E-state index contributed by atoms with van der Waals surface area (Å²) in [6.45, 7) is 3.78. The minimum Gasteiger partial charge on any atom is -0.506 e. The van der Waals surface area contributed by atoms with Gasteiger partial charge in [0.25, 0.3) is 11.6 Å². The third-order valence-corrected chi connectivity index (χ3v) is 4.52. The molecule has 0 spiro atoms. The predicted octanol–water partition coefficient (Wildman–Crippen LogP) is 2.57. The van der Waals surface area contributed by atoms with Gasteiger partial charge in [0.05, 0.1) is 10.6 Å². The van der Waals surface area contributed by atoms with Crippen LogP contribution >= 0.6 is 0 Å². The van der Waals surface area contributed by atoms with Crippen molar-refractivity contribution >= 4 is 17.3 Å². The number of rotatable bonds is 3. The molecule has 1 aliphatic rings. The zero-order chi connectivity index (χ0) is 18.0. The molecule has 2 aromatic rings. The lowest BCUT2D eigenvalue weighted by atomic mass is 10.1. The van der Waals surface area contributed by atoms with Crippen LogP contribution in [0.2, 0.25) is 0 Å². The predicted molar refractivity (Wildman–Crippen MR) is 94.1 cm³/mol. The van der Waals surface area contributed by atoms with Gasteiger partial charge in [-0.25, -0.2) is 0 Å². The highest BCUT2D eigenvalue weighted by atomic mass is 16.6. The van der Waals surface area contributed by atoms with Crippen molar-refractivity contribution in [3.05, 3.63) is 63.7 Å². The Morgan fingerprint density at radius 3 is 2.40 bits per heavy atom. The van der Waals surface area contributed by atoms with Crippen LogP contribution in [0.25, 0.3) is 0 Å².